The SMILES string of the molecule is O=CC1C2C=CCC1C2. The lowest BCUT2D eigenvalue weighted by atomic mass is 9.61. The Bertz CT molecular complexity index is 160. The van der Waals surface area contributed by atoms with E-state index >= 15 is 0 Å². The largest absolute Gasteiger partial charge is 0.303 e. The second-order valence-corrected chi connectivity index (χ2v) is 3.04. The van der Waals surface area contributed by atoms with E-state index in [1.165, 1.54) is 6.42 Å². The third-order valence-electron chi connectivity index (χ3n) is 2.59. The number of rotatable bonds is 1. The Morgan fingerprint density at radius 2 is 2.44 bits per heavy atom. The lowest BCUT2D eigenvalue weighted by molar-refractivity contribution is -0.118. The van der Waals surface area contributed by atoms with Crippen LogP contribution in [-0.4, -0.2) is 6.29 Å². The molecule has 0 aromatic carbocycles. The lowest BCUT2D eigenvalue weighted by Gasteiger charge is -2.42. The highest BCUT2D eigenvalue weighted by atomic mass is 16.1. The van der Waals surface area contributed by atoms with Crippen LogP contribution in [0.25, 0.3) is 0 Å². The average molecular weight is 122 g/mol. The molecule has 0 aliphatic heterocycles. The summed E-state index contributed by atoms with van der Waals surface area (Å²) in [6, 6.07) is 0. The topological polar surface area (TPSA) is 17.1 Å². The van der Waals surface area contributed by atoms with E-state index in [2.05, 4.69) is 12.2 Å². The van der Waals surface area contributed by atoms with E-state index in [-0.39, 0.29) is 0 Å². The van der Waals surface area contributed by atoms with Crippen LogP contribution in [0, 0.1) is 17.8 Å². The van der Waals surface area contributed by atoms with Gasteiger partial charge in [-0.3, -0.25) is 0 Å². The zero-order valence-corrected chi connectivity index (χ0v) is 5.29. The highest BCUT2D eigenvalue weighted by Gasteiger charge is 2.40. The minimum Gasteiger partial charge on any atom is -0.303 e. The van der Waals surface area contributed by atoms with Gasteiger partial charge in [-0.2, -0.15) is 0 Å². The summed E-state index contributed by atoms with van der Waals surface area (Å²) in [5.74, 6) is 1.70. The predicted molar refractivity (Wildman–Crippen MR) is 34.9 cm³/mol. The molecule has 0 saturated heterocycles. The summed E-state index contributed by atoms with van der Waals surface area (Å²) >= 11 is 0. The van der Waals surface area contributed by atoms with E-state index in [9.17, 15) is 4.79 Å². The molecule has 9 heavy (non-hydrogen) atoms. The van der Waals surface area contributed by atoms with E-state index in [4.69, 9.17) is 0 Å². The van der Waals surface area contributed by atoms with Crippen molar-refractivity contribution in [2.75, 3.05) is 0 Å². The van der Waals surface area contributed by atoms with Crippen molar-refractivity contribution in [3.63, 3.8) is 0 Å². The van der Waals surface area contributed by atoms with Crippen molar-refractivity contribution in [1.29, 1.82) is 0 Å². The van der Waals surface area contributed by atoms with Crippen LogP contribution in [-0.2, 0) is 4.79 Å². The van der Waals surface area contributed by atoms with E-state index in [1.807, 2.05) is 0 Å². The highest BCUT2D eigenvalue weighted by molar-refractivity contribution is 5.57. The fourth-order valence-corrected chi connectivity index (χ4v) is 1.92. The first-order valence-corrected chi connectivity index (χ1v) is 3.54. The number of aldehydes is 1. The number of carbonyl (C=O) groups excluding carboxylic acids is 1. The number of carbonyl (C=O) groups is 1. The van der Waals surface area contributed by atoms with Gasteiger partial charge in [0.2, 0.25) is 0 Å². The maximum Gasteiger partial charge on any atom is 0.123 e. The molecule has 1 heteroatoms. The molecule has 0 amide bonds. The summed E-state index contributed by atoms with van der Waals surface area (Å²) < 4.78 is 0. The normalized spacial score (nSPS) is 46.0. The van der Waals surface area contributed by atoms with Crippen LogP contribution in [0.15, 0.2) is 12.2 Å². The van der Waals surface area contributed by atoms with Crippen molar-refractivity contribution in [2.24, 2.45) is 17.8 Å². The van der Waals surface area contributed by atoms with Gasteiger partial charge in [0, 0.05) is 5.92 Å². The molecule has 0 N–H and O–H groups in total. The summed E-state index contributed by atoms with van der Waals surface area (Å²) in [6.07, 6.45) is 7.93. The van der Waals surface area contributed by atoms with Gasteiger partial charge in [0.1, 0.15) is 6.29 Å². The number of hydrogen-bond donors (Lipinski definition) is 0. The van der Waals surface area contributed by atoms with Crippen LogP contribution >= 0.6 is 0 Å². The van der Waals surface area contributed by atoms with Crippen molar-refractivity contribution in [3.05, 3.63) is 12.2 Å². The van der Waals surface area contributed by atoms with Gasteiger partial charge >= 0.3 is 0 Å². The highest BCUT2D eigenvalue weighted by Crippen LogP contribution is 2.45. The molecule has 0 aromatic heterocycles. The average Bonchev–Trinajstić information content (AvgIpc) is 1.90. The van der Waals surface area contributed by atoms with Crippen LogP contribution in [0.2, 0.25) is 0 Å². The Morgan fingerprint density at radius 1 is 1.56 bits per heavy atom. The molecule has 3 unspecified atom stereocenters. The number of hydrogen-bond acceptors (Lipinski definition) is 1. The van der Waals surface area contributed by atoms with Crippen LogP contribution in [0.3, 0.4) is 0 Å². The van der Waals surface area contributed by atoms with Crippen LogP contribution in [0.1, 0.15) is 12.8 Å². The smallest absolute Gasteiger partial charge is 0.123 e. The molecule has 3 rings (SSSR count). The Balaban J connectivity index is 2.16. The van der Waals surface area contributed by atoms with Gasteiger partial charge in [-0.15, -0.1) is 0 Å². The van der Waals surface area contributed by atoms with Crippen molar-refractivity contribution in [3.8, 4) is 0 Å². The molecule has 2 bridgehead atoms. The molecular formula is C8H10O. The van der Waals surface area contributed by atoms with Crippen molar-refractivity contribution < 1.29 is 4.79 Å². The molecule has 48 valence electrons. The molecule has 3 atom stereocenters. The van der Waals surface area contributed by atoms with Gasteiger partial charge in [-0.05, 0) is 24.7 Å². The van der Waals surface area contributed by atoms with E-state index in [0.717, 1.165) is 12.7 Å². The number of allylic oxidation sites excluding steroid dienone is 2. The van der Waals surface area contributed by atoms with Crippen molar-refractivity contribution >= 4 is 6.29 Å². The zero-order chi connectivity index (χ0) is 6.27. The second-order valence-electron chi connectivity index (χ2n) is 3.04. The standard InChI is InChI=1S/C8H10O/c9-5-8-6-2-1-3-7(8)4-6/h1-2,5-8H,3-4H2. The first-order chi connectivity index (χ1) is 4.42. The molecule has 0 spiro atoms. The Kier molecular flexibility index (Phi) is 0.981. The summed E-state index contributed by atoms with van der Waals surface area (Å²) in [7, 11) is 0. The molecule has 0 aromatic rings. The van der Waals surface area contributed by atoms with Gasteiger partial charge in [-0.25, -0.2) is 0 Å². The van der Waals surface area contributed by atoms with Gasteiger partial charge in [0.05, 0.1) is 0 Å². The Morgan fingerprint density at radius 3 is 2.78 bits per heavy atom. The molecule has 0 radical (unpaired) electrons. The number of fused-ring (bicyclic) bond motifs is 1. The van der Waals surface area contributed by atoms with Gasteiger partial charge < -0.3 is 4.79 Å². The predicted octanol–water partition coefficient (Wildman–Crippen LogP) is 1.40. The monoisotopic (exact) mass is 122 g/mol. The van der Waals surface area contributed by atoms with Gasteiger partial charge in [-0.1, -0.05) is 12.2 Å². The van der Waals surface area contributed by atoms with E-state index in [1.54, 1.807) is 0 Å². The lowest BCUT2D eigenvalue weighted by Crippen LogP contribution is -2.38. The van der Waals surface area contributed by atoms with Crippen LogP contribution in [0.4, 0.5) is 0 Å². The summed E-state index contributed by atoms with van der Waals surface area (Å²) in [4.78, 5) is 10.4. The maximum atomic E-state index is 10.4. The van der Waals surface area contributed by atoms with E-state index in [0.29, 0.717) is 17.8 Å². The second kappa shape index (κ2) is 1.69. The minimum absolute atomic E-state index is 0.384. The molecular weight excluding hydrogens is 112 g/mol. The minimum atomic E-state index is 0.384. The molecule has 1 saturated carbocycles. The summed E-state index contributed by atoms with van der Waals surface area (Å²) in [5, 5.41) is 0. The quantitative estimate of drug-likeness (QED) is 0.379. The first-order valence-electron chi connectivity index (χ1n) is 3.54. The summed E-state index contributed by atoms with van der Waals surface area (Å²) in [5.41, 5.74) is 0. The molecule has 0 heterocycles. The van der Waals surface area contributed by atoms with Crippen LogP contribution < -0.4 is 0 Å². The third kappa shape index (κ3) is 0.576. The summed E-state index contributed by atoms with van der Waals surface area (Å²) in [6.45, 7) is 0. The molecule has 1 nitrogen and oxygen atoms in total. The van der Waals surface area contributed by atoms with Gasteiger partial charge in [0.25, 0.3) is 0 Å². The zero-order valence-electron chi connectivity index (χ0n) is 5.29. The van der Waals surface area contributed by atoms with Gasteiger partial charge in [0.15, 0.2) is 0 Å². The fourth-order valence-electron chi connectivity index (χ4n) is 1.92. The van der Waals surface area contributed by atoms with Crippen molar-refractivity contribution in [1.82, 2.24) is 0 Å². The van der Waals surface area contributed by atoms with Crippen molar-refractivity contribution in [2.45, 2.75) is 12.8 Å². The molecule has 3 aliphatic carbocycles. The van der Waals surface area contributed by atoms with Crippen LogP contribution in [0.5, 0.6) is 0 Å². The third-order valence-corrected chi connectivity index (χ3v) is 2.59. The fraction of sp³-hybridized carbons (Fsp3) is 0.625. The van der Waals surface area contributed by atoms with E-state index < -0.39 is 0 Å². The molecule has 1 fully saturated rings. The Hall–Kier alpha value is -0.590. The molecule has 3 aliphatic rings. The Labute approximate surface area is 54.8 Å². The first kappa shape index (κ1) is 5.21. The maximum absolute atomic E-state index is 10.4.